The Morgan fingerprint density at radius 3 is 1.95 bits per heavy atom. The summed E-state index contributed by atoms with van der Waals surface area (Å²) in [4.78, 5) is 0. The van der Waals surface area contributed by atoms with Crippen LogP contribution in [0.1, 0.15) is 74.7 Å². The number of hydrogen-bond acceptors (Lipinski definition) is 1. The van der Waals surface area contributed by atoms with Gasteiger partial charge < -0.3 is 5.11 Å². The van der Waals surface area contributed by atoms with Crippen LogP contribution in [-0.2, 0) is 0 Å². The molecule has 1 unspecified atom stereocenters. The van der Waals surface area contributed by atoms with E-state index in [9.17, 15) is 5.11 Å². The molecule has 0 aliphatic rings. The van der Waals surface area contributed by atoms with E-state index in [1.807, 2.05) is 40.7 Å². The van der Waals surface area contributed by atoms with Gasteiger partial charge in [-0.1, -0.05) is 57.4 Å². The molecular weight excluding hydrogens is 243 g/mol. The van der Waals surface area contributed by atoms with Gasteiger partial charge in [0.25, 0.3) is 0 Å². The fourth-order valence-corrected chi connectivity index (χ4v) is 1.88. The molecule has 1 atom stereocenters. The van der Waals surface area contributed by atoms with Crippen molar-refractivity contribution in [3.8, 4) is 0 Å². The Bertz CT molecular complexity index is 360. The van der Waals surface area contributed by atoms with E-state index in [0.717, 1.165) is 29.6 Å². The third-order valence-corrected chi connectivity index (χ3v) is 3.50. The maximum absolute atomic E-state index is 10.4. The molecule has 0 aromatic carbocycles. The van der Waals surface area contributed by atoms with Crippen molar-refractivity contribution in [1.29, 1.82) is 0 Å². The van der Waals surface area contributed by atoms with E-state index in [-0.39, 0.29) is 0 Å². The molecule has 0 amide bonds. The molecule has 2 heteroatoms. The third kappa shape index (κ3) is 7.14. The summed E-state index contributed by atoms with van der Waals surface area (Å²) in [5, 5.41) is 10.4. The van der Waals surface area contributed by atoms with E-state index in [4.69, 9.17) is 7.85 Å². The maximum atomic E-state index is 10.4. The highest BCUT2D eigenvalue weighted by molar-refractivity contribution is 6.16. The highest BCUT2D eigenvalue weighted by Gasteiger charge is 2.24. The van der Waals surface area contributed by atoms with Crippen LogP contribution in [0.2, 0.25) is 0 Å². The second kappa shape index (κ2) is 11.0. The molecule has 0 aromatic rings. The van der Waals surface area contributed by atoms with Crippen LogP contribution in [0.4, 0.5) is 0 Å². The van der Waals surface area contributed by atoms with Crippen molar-refractivity contribution in [1.82, 2.24) is 0 Å². The van der Waals surface area contributed by atoms with Crippen LogP contribution in [0.5, 0.6) is 0 Å². The number of allylic oxidation sites excluding steroid dienone is 4. The van der Waals surface area contributed by atoms with Crippen molar-refractivity contribution < 1.29 is 5.11 Å². The minimum absolute atomic E-state index is 0.582. The summed E-state index contributed by atoms with van der Waals surface area (Å²) in [5.74, 6) is 0. The quantitative estimate of drug-likeness (QED) is 0.515. The van der Waals surface area contributed by atoms with Crippen LogP contribution in [0.15, 0.2) is 34.4 Å². The van der Waals surface area contributed by atoms with Gasteiger partial charge in [0.1, 0.15) is 7.85 Å². The van der Waals surface area contributed by atoms with E-state index in [2.05, 4.69) is 26.8 Å². The van der Waals surface area contributed by atoms with Gasteiger partial charge in [0.15, 0.2) is 0 Å². The summed E-state index contributed by atoms with van der Waals surface area (Å²) in [6.07, 6.45) is 6.45. The zero-order valence-corrected chi connectivity index (χ0v) is 14.8. The summed E-state index contributed by atoms with van der Waals surface area (Å²) in [6.45, 7) is 16.3. The van der Waals surface area contributed by atoms with Gasteiger partial charge in [-0.05, 0) is 51.7 Å². The van der Waals surface area contributed by atoms with E-state index < -0.39 is 5.50 Å². The molecule has 0 heterocycles. The lowest BCUT2D eigenvalue weighted by molar-refractivity contribution is 0.157. The second-order valence-electron chi connectivity index (χ2n) is 5.02. The van der Waals surface area contributed by atoms with Crippen molar-refractivity contribution >= 4 is 7.85 Å². The molecule has 0 aliphatic carbocycles. The monoisotopic (exact) mass is 276 g/mol. The van der Waals surface area contributed by atoms with E-state index in [1.165, 1.54) is 5.57 Å². The summed E-state index contributed by atoms with van der Waals surface area (Å²) in [5.41, 5.74) is 3.16. The van der Waals surface area contributed by atoms with Crippen LogP contribution >= 0.6 is 0 Å². The summed E-state index contributed by atoms with van der Waals surface area (Å²) < 4.78 is 0. The molecule has 0 rings (SSSR count). The van der Waals surface area contributed by atoms with Crippen molar-refractivity contribution in [3.63, 3.8) is 0 Å². The first-order chi connectivity index (χ1) is 9.30. The zero-order chi connectivity index (χ0) is 16.3. The molecule has 0 aliphatic heterocycles. The Hall–Kier alpha value is -0.755. The normalized spacial score (nSPS) is 16.9. The Balaban J connectivity index is 0. The van der Waals surface area contributed by atoms with Gasteiger partial charge in [0.05, 0.1) is 0 Å². The summed E-state index contributed by atoms with van der Waals surface area (Å²) in [7, 11) is 6.07. The summed E-state index contributed by atoms with van der Waals surface area (Å²) >= 11 is 0. The zero-order valence-electron chi connectivity index (χ0n) is 14.8. The minimum atomic E-state index is -1.22. The molecule has 0 aromatic heterocycles. The first-order valence-electron chi connectivity index (χ1n) is 7.83. The van der Waals surface area contributed by atoms with Crippen molar-refractivity contribution in [2.75, 3.05) is 0 Å². The van der Waals surface area contributed by atoms with Gasteiger partial charge in [-0.15, -0.1) is 0 Å². The highest BCUT2D eigenvalue weighted by atomic mass is 16.3. The number of hydrogen-bond donors (Lipinski definition) is 1. The standard InChI is InChI=1S/C16H27BO.C2H6/c1-7-10-16(17,18)15(13(5)9-3)11-14(6)12(4)8-2;1-2/h8,11,18H,7,9-10H2,1-6H3;1-2H3/b12-8-,14-11-,15-13-;. The first-order valence-corrected chi connectivity index (χ1v) is 7.83. The Kier molecular flexibility index (Phi) is 11.8. The third-order valence-electron chi connectivity index (χ3n) is 3.50. The molecule has 114 valence electrons. The molecular formula is C18H33BO. The lowest BCUT2D eigenvalue weighted by Crippen LogP contribution is -2.31. The van der Waals surface area contributed by atoms with Crippen molar-refractivity contribution in [2.24, 2.45) is 0 Å². The molecule has 2 radical (unpaired) electrons. The van der Waals surface area contributed by atoms with Crippen LogP contribution in [-0.4, -0.2) is 18.5 Å². The van der Waals surface area contributed by atoms with Gasteiger partial charge in [-0.25, -0.2) is 0 Å². The minimum Gasteiger partial charge on any atom is -0.395 e. The van der Waals surface area contributed by atoms with E-state index in [1.54, 1.807) is 0 Å². The SMILES string of the molecule is CC.[B]C(O)(CCC)C(/C=C(C)\C(C)=C/C)=C(/C)CC. The lowest BCUT2D eigenvalue weighted by atomic mass is 9.70. The predicted molar refractivity (Wildman–Crippen MR) is 93.1 cm³/mol. The largest absolute Gasteiger partial charge is 0.395 e. The predicted octanol–water partition coefficient (Wildman–Crippen LogP) is 5.31. The van der Waals surface area contributed by atoms with Crippen LogP contribution in [0.25, 0.3) is 0 Å². The van der Waals surface area contributed by atoms with Crippen LogP contribution in [0, 0.1) is 0 Å². The number of rotatable bonds is 6. The van der Waals surface area contributed by atoms with Crippen LogP contribution in [0.3, 0.4) is 0 Å². The second-order valence-corrected chi connectivity index (χ2v) is 5.02. The Morgan fingerprint density at radius 2 is 1.60 bits per heavy atom. The van der Waals surface area contributed by atoms with Crippen molar-refractivity contribution in [2.45, 2.75) is 80.2 Å². The summed E-state index contributed by atoms with van der Waals surface area (Å²) in [6, 6.07) is 0. The number of aliphatic hydroxyl groups is 1. The van der Waals surface area contributed by atoms with E-state index in [0.29, 0.717) is 6.42 Å². The highest BCUT2D eigenvalue weighted by Crippen LogP contribution is 2.27. The molecule has 1 nitrogen and oxygen atoms in total. The van der Waals surface area contributed by atoms with Gasteiger partial charge >= 0.3 is 0 Å². The fraction of sp³-hybridized carbons (Fsp3) is 0.667. The molecule has 0 saturated carbocycles. The topological polar surface area (TPSA) is 20.2 Å². The van der Waals surface area contributed by atoms with Gasteiger partial charge in [-0.2, -0.15) is 0 Å². The fourth-order valence-electron chi connectivity index (χ4n) is 1.88. The van der Waals surface area contributed by atoms with E-state index >= 15 is 0 Å². The molecule has 20 heavy (non-hydrogen) atoms. The first kappa shape index (κ1) is 21.5. The van der Waals surface area contributed by atoms with Gasteiger partial charge in [0.2, 0.25) is 0 Å². The Labute approximate surface area is 128 Å². The van der Waals surface area contributed by atoms with Crippen molar-refractivity contribution in [3.05, 3.63) is 34.4 Å². The molecule has 0 bridgehead atoms. The van der Waals surface area contributed by atoms with Gasteiger partial charge in [0, 0.05) is 5.50 Å². The molecule has 0 spiro atoms. The van der Waals surface area contributed by atoms with Gasteiger partial charge in [-0.3, -0.25) is 0 Å². The smallest absolute Gasteiger partial charge is 0.120 e. The molecule has 1 N–H and O–H groups in total. The van der Waals surface area contributed by atoms with Crippen LogP contribution < -0.4 is 0 Å². The maximum Gasteiger partial charge on any atom is 0.120 e. The average Bonchev–Trinajstić information content (AvgIpc) is 2.44. The lowest BCUT2D eigenvalue weighted by Gasteiger charge is -2.28. The average molecular weight is 276 g/mol. The molecule has 0 saturated heterocycles. The molecule has 0 fully saturated rings. The Morgan fingerprint density at radius 1 is 1.10 bits per heavy atom.